The van der Waals surface area contributed by atoms with Gasteiger partial charge in [0.15, 0.2) is 0 Å². The second kappa shape index (κ2) is 2.67. The fraction of sp³-hybridized carbons (Fsp3) is 0.333. The molecule has 0 spiro atoms. The maximum Gasteiger partial charge on any atom is 0.222 e. The van der Waals surface area contributed by atoms with Gasteiger partial charge in [-0.1, -0.05) is 9.39 Å². The van der Waals surface area contributed by atoms with Crippen molar-refractivity contribution in [3.8, 4) is 0 Å². The standard InChI is InChI=1S/C6H7ClN3P/c7-6-8-1-4-2-10(11)3-5(4)9-6/h1H,2-3,11H2. The molecule has 0 bridgehead atoms. The Morgan fingerprint density at radius 2 is 2.36 bits per heavy atom. The van der Waals surface area contributed by atoms with Gasteiger partial charge in [0.05, 0.1) is 5.69 Å². The maximum absolute atomic E-state index is 5.62. The number of halogens is 1. The number of hydrogen-bond acceptors (Lipinski definition) is 3. The summed E-state index contributed by atoms with van der Waals surface area (Å²) in [6.45, 7) is 1.75. The molecule has 0 aromatic carbocycles. The van der Waals surface area contributed by atoms with E-state index in [4.69, 9.17) is 11.6 Å². The number of fused-ring (bicyclic) bond motifs is 1. The first kappa shape index (κ1) is 7.41. The summed E-state index contributed by atoms with van der Waals surface area (Å²) in [4.78, 5) is 8.01. The average Bonchev–Trinajstić information content (AvgIpc) is 2.27. The fourth-order valence-corrected chi connectivity index (χ4v) is 1.67. The van der Waals surface area contributed by atoms with Gasteiger partial charge in [0.2, 0.25) is 5.28 Å². The van der Waals surface area contributed by atoms with E-state index < -0.39 is 0 Å². The van der Waals surface area contributed by atoms with E-state index in [2.05, 4.69) is 24.0 Å². The van der Waals surface area contributed by atoms with Gasteiger partial charge in [0.1, 0.15) is 0 Å². The van der Waals surface area contributed by atoms with E-state index >= 15 is 0 Å². The van der Waals surface area contributed by atoms with Crippen LogP contribution in [0.25, 0.3) is 0 Å². The molecular formula is C6H7ClN3P. The molecular weight excluding hydrogens is 181 g/mol. The third-order valence-electron chi connectivity index (χ3n) is 1.65. The van der Waals surface area contributed by atoms with Crippen LogP contribution >= 0.6 is 21.0 Å². The molecule has 58 valence electrons. The predicted octanol–water partition coefficient (Wildman–Crippen LogP) is 1.24. The summed E-state index contributed by atoms with van der Waals surface area (Å²) in [5, 5.41) is 0.337. The first-order valence-electron chi connectivity index (χ1n) is 3.25. The van der Waals surface area contributed by atoms with Crippen molar-refractivity contribution >= 4 is 21.0 Å². The lowest BCUT2D eigenvalue weighted by molar-refractivity contribution is 0.504. The van der Waals surface area contributed by atoms with Crippen molar-refractivity contribution in [3.63, 3.8) is 0 Å². The number of aromatic nitrogens is 2. The number of rotatable bonds is 0. The van der Waals surface area contributed by atoms with Crippen LogP contribution in [-0.4, -0.2) is 14.6 Å². The highest BCUT2D eigenvalue weighted by molar-refractivity contribution is 7.13. The van der Waals surface area contributed by atoms with Crippen molar-refractivity contribution < 1.29 is 0 Å². The van der Waals surface area contributed by atoms with E-state index in [1.54, 1.807) is 6.20 Å². The van der Waals surface area contributed by atoms with Gasteiger partial charge in [-0.05, 0) is 11.6 Å². The summed E-state index contributed by atoms with van der Waals surface area (Å²) in [7, 11) is 2.64. The minimum Gasteiger partial charge on any atom is -0.277 e. The molecule has 0 saturated heterocycles. The van der Waals surface area contributed by atoms with Gasteiger partial charge in [-0.2, -0.15) is 0 Å². The molecule has 1 aromatic heterocycles. The molecule has 0 fully saturated rings. The minimum absolute atomic E-state index is 0.337. The van der Waals surface area contributed by atoms with E-state index in [0.29, 0.717) is 5.28 Å². The third-order valence-corrected chi connectivity index (χ3v) is 2.20. The molecule has 0 radical (unpaired) electrons. The van der Waals surface area contributed by atoms with Gasteiger partial charge in [0.25, 0.3) is 0 Å². The Labute approximate surface area is 72.0 Å². The van der Waals surface area contributed by atoms with Gasteiger partial charge in [-0.25, -0.2) is 9.97 Å². The lowest BCUT2D eigenvalue weighted by atomic mass is 10.3. The summed E-state index contributed by atoms with van der Waals surface area (Å²) >= 11 is 5.62. The summed E-state index contributed by atoms with van der Waals surface area (Å²) in [6.07, 6.45) is 1.79. The van der Waals surface area contributed by atoms with E-state index in [9.17, 15) is 0 Å². The highest BCUT2D eigenvalue weighted by Crippen LogP contribution is 2.23. The van der Waals surface area contributed by atoms with Crippen molar-refractivity contribution in [1.82, 2.24) is 14.6 Å². The van der Waals surface area contributed by atoms with Crippen LogP contribution in [-0.2, 0) is 13.1 Å². The zero-order valence-electron chi connectivity index (χ0n) is 5.79. The van der Waals surface area contributed by atoms with E-state index in [0.717, 1.165) is 18.8 Å². The first-order valence-corrected chi connectivity index (χ1v) is 4.15. The highest BCUT2D eigenvalue weighted by Gasteiger charge is 2.17. The highest BCUT2D eigenvalue weighted by atomic mass is 35.5. The number of nitrogens with zero attached hydrogens (tertiary/aromatic N) is 3. The average molecular weight is 188 g/mol. The van der Waals surface area contributed by atoms with Crippen LogP contribution < -0.4 is 0 Å². The van der Waals surface area contributed by atoms with Crippen LogP contribution in [0.3, 0.4) is 0 Å². The molecule has 1 aromatic rings. The van der Waals surface area contributed by atoms with E-state index in [1.165, 1.54) is 5.56 Å². The Balaban J connectivity index is 2.43. The molecule has 11 heavy (non-hydrogen) atoms. The minimum atomic E-state index is 0.337. The largest absolute Gasteiger partial charge is 0.277 e. The lowest BCUT2D eigenvalue weighted by Gasteiger charge is -2.01. The van der Waals surface area contributed by atoms with Crippen LogP contribution in [0.5, 0.6) is 0 Å². The Hall–Kier alpha value is -0.240. The smallest absolute Gasteiger partial charge is 0.222 e. The molecule has 0 amide bonds. The molecule has 3 nitrogen and oxygen atoms in total. The Morgan fingerprint density at radius 1 is 1.55 bits per heavy atom. The van der Waals surface area contributed by atoms with Crippen molar-refractivity contribution in [2.45, 2.75) is 13.1 Å². The van der Waals surface area contributed by atoms with Crippen LogP contribution in [0.4, 0.5) is 0 Å². The molecule has 5 heteroatoms. The zero-order valence-corrected chi connectivity index (χ0v) is 7.70. The topological polar surface area (TPSA) is 29.0 Å². The van der Waals surface area contributed by atoms with Gasteiger partial charge in [0, 0.05) is 24.8 Å². The Bertz CT molecular complexity index is 291. The predicted molar refractivity (Wildman–Crippen MR) is 46.0 cm³/mol. The van der Waals surface area contributed by atoms with Gasteiger partial charge >= 0.3 is 0 Å². The second-order valence-corrected chi connectivity index (χ2v) is 3.58. The van der Waals surface area contributed by atoms with Crippen molar-refractivity contribution in [2.75, 3.05) is 0 Å². The SMILES string of the molecule is PN1Cc2cnc(Cl)nc2C1. The van der Waals surface area contributed by atoms with Crippen molar-refractivity contribution in [3.05, 3.63) is 22.7 Å². The number of hydrogen-bond donors (Lipinski definition) is 0. The van der Waals surface area contributed by atoms with Gasteiger partial charge in [-0.15, -0.1) is 0 Å². The van der Waals surface area contributed by atoms with Crippen LogP contribution in [0, 0.1) is 0 Å². The normalized spacial score (nSPS) is 16.9. The third kappa shape index (κ3) is 1.36. The molecule has 1 aliphatic heterocycles. The zero-order chi connectivity index (χ0) is 7.84. The summed E-state index contributed by atoms with van der Waals surface area (Å²) < 4.78 is 2.09. The molecule has 1 unspecified atom stereocenters. The van der Waals surface area contributed by atoms with E-state index in [-0.39, 0.29) is 0 Å². The summed E-state index contributed by atoms with van der Waals surface area (Å²) in [6, 6.07) is 0. The van der Waals surface area contributed by atoms with Crippen molar-refractivity contribution in [1.29, 1.82) is 0 Å². The first-order chi connectivity index (χ1) is 5.25. The van der Waals surface area contributed by atoms with Gasteiger partial charge in [-0.3, -0.25) is 4.67 Å². The van der Waals surface area contributed by atoms with Crippen LogP contribution in [0.1, 0.15) is 11.3 Å². The second-order valence-electron chi connectivity index (χ2n) is 2.52. The molecule has 0 aliphatic carbocycles. The fourth-order valence-electron chi connectivity index (χ4n) is 1.15. The van der Waals surface area contributed by atoms with E-state index in [1.807, 2.05) is 0 Å². The monoisotopic (exact) mass is 187 g/mol. The summed E-state index contributed by atoms with van der Waals surface area (Å²) in [5.41, 5.74) is 2.21. The lowest BCUT2D eigenvalue weighted by Crippen LogP contribution is -1.98. The molecule has 0 N–H and O–H groups in total. The van der Waals surface area contributed by atoms with Crippen LogP contribution in [0.15, 0.2) is 6.20 Å². The quantitative estimate of drug-likeness (QED) is 0.452. The Kier molecular flexibility index (Phi) is 1.80. The molecule has 1 aliphatic rings. The molecule has 2 heterocycles. The van der Waals surface area contributed by atoms with Gasteiger partial charge < -0.3 is 0 Å². The molecule has 1 atom stereocenters. The Morgan fingerprint density at radius 3 is 3.18 bits per heavy atom. The molecule has 0 saturated carbocycles. The van der Waals surface area contributed by atoms with Crippen LogP contribution in [0.2, 0.25) is 5.28 Å². The summed E-state index contributed by atoms with van der Waals surface area (Å²) in [5.74, 6) is 0. The maximum atomic E-state index is 5.62. The molecule has 2 rings (SSSR count). The van der Waals surface area contributed by atoms with Crippen molar-refractivity contribution in [2.24, 2.45) is 0 Å².